The molecule has 0 aromatic carbocycles. The summed E-state index contributed by atoms with van der Waals surface area (Å²) in [6.45, 7) is 0.432. The number of thiazole rings is 1. The highest BCUT2D eigenvalue weighted by atomic mass is 32.1. The molecule has 1 atom stereocenters. The van der Waals surface area contributed by atoms with Crippen molar-refractivity contribution in [3.63, 3.8) is 0 Å². The van der Waals surface area contributed by atoms with Gasteiger partial charge in [0, 0.05) is 31.8 Å². The van der Waals surface area contributed by atoms with Gasteiger partial charge in [-0.2, -0.15) is 0 Å². The number of anilines is 1. The highest BCUT2D eigenvalue weighted by Gasteiger charge is 2.32. The maximum absolute atomic E-state index is 12.0. The second-order valence-electron chi connectivity index (χ2n) is 5.06. The molecular formula is C13H17N3O4S. The molecule has 7 nitrogen and oxygen atoms in total. The molecule has 0 aliphatic carbocycles. The molecule has 1 aromatic heterocycles. The summed E-state index contributed by atoms with van der Waals surface area (Å²) < 4.78 is 0. The summed E-state index contributed by atoms with van der Waals surface area (Å²) >= 11 is 1.31. The molecule has 0 radical (unpaired) electrons. The molecule has 1 unspecified atom stereocenters. The van der Waals surface area contributed by atoms with Crippen LogP contribution < -0.4 is 5.32 Å². The number of carbonyl (C=O) groups excluding carboxylic acids is 2. The summed E-state index contributed by atoms with van der Waals surface area (Å²) in [6, 6.07) is 0. The van der Waals surface area contributed by atoms with Gasteiger partial charge in [0.1, 0.15) is 0 Å². The maximum Gasteiger partial charge on any atom is 0.303 e. The Hall–Kier alpha value is -1.96. The molecule has 0 spiro atoms. The van der Waals surface area contributed by atoms with Crippen LogP contribution in [-0.2, 0) is 20.8 Å². The zero-order valence-corrected chi connectivity index (χ0v) is 12.5. The Labute approximate surface area is 126 Å². The quantitative estimate of drug-likeness (QED) is 0.815. The highest BCUT2D eigenvalue weighted by Crippen LogP contribution is 2.21. The number of nitrogens with one attached hydrogen (secondary N) is 1. The number of aryl methyl sites for hydroxylation is 1. The van der Waals surface area contributed by atoms with Gasteiger partial charge in [-0.15, -0.1) is 11.3 Å². The van der Waals surface area contributed by atoms with Crippen molar-refractivity contribution in [3.05, 3.63) is 11.1 Å². The average molecular weight is 311 g/mol. The molecule has 8 heteroatoms. The van der Waals surface area contributed by atoms with Crippen molar-refractivity contribution >= 4 is 34.3 Å². The molecule has 2 heterocycles. The van der Waals surface area contributed by atoms with Crippen LogP contribution in [-0.4, -0.2) is 46.4 Å². The fourth-order valence-electron chi connectivity index (χ4n) is 2.15. The summed E-state index contributed by atoms with van der Waals surface area (Å²) in [7, 11) is 1.68. The van der Waals surface area contributed by atoms with Crippen molar-refractivity contribution in [2.75, 3.05) is 18.9 Å². The van der Waals surface area contributed by atoms with Crippen LogP contribution in [0.5, 0.6) is 0 Å². The third kappa shape index (κ3) is 4.25. The Morgan fingerprint density at radius 2 is 2.33 bits per heavy atom. The zero-order chi connectivity index (χ0) is 15.4. The number of aliphatic carboxylic acids is 1. The topological polar surface area (TPSA) is 99.6 Å². The molecule has 114 valence electrons. The Morgan fingerprint density at radius 1 is 1.57 bits per heavy atom. The number of hydrogen-bond donors (Lipinski definition) is 2. The van der Waals surface area contributed by atoms with E-state index in [0.29, 0.717) is 24.5 Å². The van der Waals surface area contributed by atoms with E-state index in [1.54, 1.807) is 11.9 Å². The zero-order valence-electron chi connectivity index (χ0n) is 11.7. The first-order valence-electron chi connectivity index (χ1n) is 6.66. The molecule has 1 fully saturated rings. The Balaban J connectivity index is 1.83. The number of carboxylic acids is 1. The number of rotatable bonds is 6. The minimum atomic E-state index is -0.825. The third-order valence-corrected chi connectivity index (χ3v) is 4.12. The number of amides is 2. The number of carbonyl (C=O) groups is 3. The number of aromatic nitrogens is 1. The summed E-state index contributed by atoms with van der Waals surface area (Å²) in [4.78, 5) is 39.7. The van der Waals surface area contributed by atoms with Crippen LogP contribution in [0.2, 0.25) is 0 Å². The van der Waals surface area contributed by atoms with Gasteiger partial charge >= 0.3 is 5.97 Å². The number of likely N-dealkylation sites (tertiary alicyclic amines) is 1. The van der Waals surface area contributed by atoms with Gasteiger partial charge in [-0.25, -0.2) is 4.98 Å². The monoisotopic (exact) mass is 311 g/mol. The van der Waals surface area contributed by atoms with Crippen LogP contribution >= 0.6 is 11.3 Å². The smallest absolute Gasteiger partial charge is 0.303 e. The predicted molar refractivity (Wildman–Crippen MR) is 77.1 cm³/mol. The van der Waals surface area contributed by atoms with Gasteiger partial charge in [0.2, 0.25) is 11.8 Å². The molecule has 0 bridgehead atoms. The Kier molecular flexibility index (Phi) is 4.89. The molecule has 1 aliphatic heterocycles. The molecule has 2 N–H and O–H groups in total. The van der Waals surface area contributed by atoms with Crippen molar-refractivity contribution in [1.82, 2.24) is 9.88 Å². The lowest BCUT2D eigenvalue weighted by atomic mass is 10.1. The number of carboxylic acid groups (broad SMARTS) is 1. The lowest BCUT2D eigenvalue weighted by Crippen LogP contribution is -2.25. The summed E-state index contributed by atoms with van der Waals surface area (Å²) in [5, 5.41) is 13.6. The van der Waals surface area contributed by atoms with Crippen molar-refractivity contribution in [2.45, 2.75) is 25.7 Å². The second-order valence-corrected chi connectivity index (χ2v) is 5.91. The van der Waals surface area contributed by atoms with Gasteiger partial charge in [0.05, 0.1) is 11.6 Å². The molecule has 1 aromatic rings. The first-order chi connectivity index (χ1) is 9.95. The van der Waals surface area contributed by atoms with Crippen LogP contribution in [0.25, 0.3) is 0 Å². The van der Waals surface area contributed by atoms with Gasteiger partial charge in [-0.05, 0) is 12.8 Å². The maximum atomic E-state index is 12.0. The van der Waals surface area contributed by atoms with E-state index in [0.717, 1.165) is 5.69 Å². The fourth-order valence-corrected chi connectivity index (χ4v) is 2.89. The molecule has 2 rings (SSSR count). The molecule has 1 aliphatic rings. The molecular weight excluding hydrogens is 294 g/mol. The predicted octanol–water partition coefficient (Wildman–Crippen LogP) is 0.967. The Bertz CT molecular complexity index is 557. The SMILES string of the molecule is CN1CC(C(=O)Nc2nc(CCCC(=O)O)cs2)CC1=O. The number of nitrogens with zero attached hydrogens (tertiary/aromatic N) is 2. The lowest BCUT2D eigenvalue weighted by Gasteiger charge is -2.09. The second kappa shape index (κ2) is 6.66. The van der Waals surface area contributed by atoms with E-state index < -0.39 is 5.97 Å². The normalized spacial score (nSPS) is 18.0. The molecule has 0 saturated carbocycles. The van der Waals surface area contributed by atoms with Crippen molar-refractivity contribution < 1.29 is 19.5 Å². The van der Waals surface area contributed by atoms with Gasteiger partial charge in [-0.1, -0.05) is 0 Å². The minimum absolute atomic E-state index is 0.0244. The van der Waals surface area contributed by atoms with Gasteiger partial charge in [0.15, 0.2) is 5.13 Å². The molecule has 1 saturated heterocycles. The van der Waals surface area contributed by atoms with E-state index in [-0.39, 0.29) is 30.6 Å². The van der Waals surface area contributed by atoms with E-state index in [9.17, 15) is 14.4 Å². The van der Waals surface area contributed by atoms with Crippen LogP contribution in [0.3, 0.4) is 0 Å². The van der Waals surface area contributed by atoms with Crippen molar-refractivity contribution in [1.29, 1.82) is 0 Å². The molecule has 21 heavy (non-hydrogen) atoms. The lowest BCUT2D eigenvalue weighted by molar-refractivity contribution is -0.137. The van der Waals surface area contributed by atoms with Crippen LogP contribution in [0.1, 0.15) is 25.0 Å². The van der Waals surface area contributed by atoms with Crippen LogP contribution in [0, 0.1) is 5.92 Å². The van der Waals surface area contributed by atoms with E-state index in [1.165, 1.54) is 11.3 Å². The van der Waals surface area contributed by atoms with E-state index in [2.05, 4.69) is 10.3 Å². The van der Waals surface area contributed by atoms with Crippen molar-refractivity contribution in [2.24, 2.45) is 5.92 Å². The standard InChI is InChI=1S/C13H17N3O4S/c1-16-6-8(5-10(16)17)12(20)15-13-14-9(7-21-13)3-2-4-11(18)19/h7-8H,2-6H2,1H3,(H,18,19)(H,14,15,20). The summed E-state index contributed by atoms with van der Waals surface area (Å²) in [6.07, 6.45) is 1.44. The first-order valence-corrected chi connectivity index (χ1v) is 7.54. The fraction of sp³-hybridized carbons (Fsp3) is 0.538. The van der Waals surface area contributed by atoms with Crippen LogP contribution in [0.4, 0.5) is 5.13 Å². The van der Waals surface area contributed by atoms with E-state index in [1.807, 2.05) is 5.38 Å². The Morgan fingerprint density at radius 3 is 2.95 bits per heavy atom. The highest BCUT2D eigenvalue weighted by molar-refractivity contribution is 7.13. The van der Waals surface area contributed by atoms with E-state index in [4.69, 9.17) is 5.11 Å². The van der Waals surface area contributed by atoms with Gasteiger partial charge in [-0.3, -0.25) is 14.4 Å². The van der Waals surface area contributed by atoms with Gasteiger partial charge < -0.3 is 15.3 Å². The largest absolute Gasteiger partial charge is 0.481 e. The van der Waals surface area contributed by atoms with E-state index >= 15 is 0 Å². The third-order valence-electron chi connectivity index (χ3n) is 3.32. The summed E-state index contributed by atoms with van der Waals surface area (Å²) in [5.74, 6) is -1.38. The van der Waals surface area contributed by atoms with Crippen molar-refractivity contribution in [3.8, 4) is 0 Å². The van der Waals surface area contributed by atoms with Crippen LogP contribution in [0.15, 0.2) is 5.38 Å². The summed E-state index contributed by atoms with van der Waals surface area (Å²) in [5.41, 5.74) is 0.774. The molecule has 2 amide bonds. The number of hydrogen-bond acceptors (Lipinski definition) is 5. The average Bonchev–Trinajstić information content (AvgIpc) is 2.97. The first kappa shape index (κ1) is 15.4. The minimum Gasteiger partial charge on any atom is -0.481 e. The van der Waals surface area contributed by atoms with Gasteiger partial charge in [0.25, 0.3) is 0 Å².